The third-order valence-electron chi connectivity index (χ3n) is 10.5. The van der Waals surface area contributed by atoms with Gasteiger partial charge >= 0.3 is 0 Å². The van der Waals surface area contributed by atoms with E-state index in [0.717, 1.165) is 22.3 Å². The highest BCUT2D eigenvalue weighted by atomic mass is 16.1. The Morgan fingerprint density at radius 3 is 1.23 bits per heavy atom. The Bertz CT molecular complexity index is 2410. The van der Waals surface area contributed by atoms with Gasteiger partial charge in [-0.2, -0.15) is 0 Å². The van der Waals surface area contributed by atoms with Crippen molar-refractivity contribution in [2.45, 2.75) is 5.41 Å². The van der Waals surface area contributed by atoms with Crippen LogP contribution in [0.4, 0.5) is 0 Å². The highest BCUT2D eigenvalue weighted by molar-refractivity contribution is 6.15. The second kappa shape index (κ2) is 9.72. The van der Waals surface area contributed by atoms with Crippen LogP contribution >= 0.6 is 0 Å². The molecule has 1 spiro atoms. The van der Waals surface area contributed by atoms with Crippen LogP contribution < -0.4 is 0 Å². The molecule has 0 heterocycles. The highest BCUT2D eigenvalue weighted by Gasteiger charge is 2.51. The fraction of sp³-hybridized carbons (Fsp3) is 0.0217. The molecule has 0 saturated heterocycles. The molecule has 1 nitrogen and oxygen atoms in total. The smallest absolute Gasteiger partial charge is 0.193 e. The zero-order valence-corrected chi connectivity index (χ0v) is 25.6. The second-order valence-corrected chi connectivity index (χ2v) is 12.7. The third kappa shape index (κ3) is 3.51. The summed E-state index contributed by atoms with van der Waals surface area (Å²) in [6, 6.07) is 60.8. The SMILES string of the molecule is O=C1c2ccccc2C2(c3ccccc31)c1cc(-c3cccc4ccccc34)ccc1-c1ccc(-c3cccc4ccccc34)cc12. The molecule has 0 unspecified atom stereocenters. The maximum atomic E-state index is 14.1. The Morgan fingerprint density at radius 1 is 0.319 bits per heavy atom. The lowest BCUT2D eigenvalue weighted by Crippen LogP contribution is -2.36. The van der Waals surface area contributed by atoms with Gasteiger partial charge in [0, 0.05) is 11.1 Å². The first-order chi connectivity index (χ1) is 23.2. The van der Waals surface area contributed by atoms with Gasteiger partial charge < -0.3 is 0 Å². The predicted octanol–water partition coefficient (Wildman–Crippen LogP) is 11.2. The van der Waals surface area contributed by atoms with Crippen LogP contribution in [-0.2, 0) is 5.41 Å². The minimum absolute atomic E-state index is 0.0900. The summed E-state index contributed by atoms with van der Waals surface area (Å²) >= 11 is 0. The van der Waals surface area contributed by atoms with Crippen molar-refractivity contribution in [2.75, 3.05) is 0 Å². The Balaban J connectivity index is 1.33. The van der Waals surface area contributed by atoms with Crippen LogP contribution in [0.25, 0.3) is 54.9 Å². The number of rotatable bonds is 2. The Kier molecular flexibility index (Phi) is 5.42. The molecule has 0 fully saturated rings. The minimum atomic E-state index is -0.660. The van der Waals surface area contributed by atoms with E-state index in [1.807, 2.05) is 24.3 Å². The molecule has 2 aliphatic rings. The lowest BCUT2D eigenvalue weighted by molar-refractivity contribution is 0.103. The number of carbonyl (C=O) groups excluding carboxylic acids is 1. The number of fused-ring (bicyclic) bond motifs is 11. The van der Waals surface area contributed by atoms with E-state index in [0.29, 0.717) is 0 Å². The lowest BCUT2D eigenvalue weighted by atomic mass is 9.61. The van der Waals surface area contributed by atoms with E-state index >= 15 is 0 Å². The quantitative estimate of drug-likeness (QED) is 0.194. The summed E-state index contributed by atoms with van der Waals surface area (Å²) in [5, 5.41) is 4.92. The normalized spacial score (nSPS) is 13.7. The highest BCUT2D eigenvalue weighted by Crippen LogP contribution is 2.60. The van der Waals surface area contributed by atoms with Gasteiger partial charge in [-0.15, -0.1) is 0 Å². The van der Waals surface area contributed by atoms with E-state index in [-0.39, 0.29) is 5.78 Å². The van der Waals surface area contributed by atoms with Gasteiger partial charge in [0.2, 0.25) is 0 Å². The average molecular weight is 597 g/mol. The molecule has 0 aliphatic heterocycles. The molecule has 10 rings (SSSR count). The monoisotopic (exact) mass is 596 g/mol. The number of hydrogen-bond donors (Lipinski definition) is 0. The van der Waals surface area contributed by atoms with Gasteiger partial charge in [0.15, 0.2) is 5.78 Å². The molecule has 218 valence electrons. The lowest BCUT2D eigenvalue weighted by Gasteiger charge is -2.39. The molecule has 0 bridgehead atoms. The predicted molar refractivity (Wildman–Crippen MR) is 193 cm³/mol. The maximum absolute atomic E-state index is 14.1. The van der Waals surface area contributed by atoms with Gasteiger partial charge in [0.1, 0.15) is 0 Å². The number of hydrogen-bond acceptors (Lipinski definition) is 1. The van der Waals surface area contributed by atoms with Crippen molar-refractivity contribution in [1.29, 1.82) is 0 Å². The summed E-state index contributed by atoms with van der Waals surface area (Å²) in [5.41, 5.74) is 12.6. The van der Waals surface area contributed by atoms with E-state index in [1.165, 1.54) is 66.1 Å². The van der Waals surface area contributed by atoms with Crippen molar-refractivity contribution >= 4 is 27.3 Å². The van der Waals surface area contributed by atoms with E-state index in [2.05, 4.69) is 146 Å². The van der Waals surface area contributed by atoms with Crippen molar-refractivity contribution in [1.82, 2.24) is 0 Å². The Morgan fingerprint density at radius 2 is 0.723 bits per heavy atom. The molecule has 47 heavy (non-hydrogen) atoms. The molecule has 0 amide bonds. The first kappa shape index (κ1) is 26.2. The Labute approximate surface area is 273 Å². The standard InChI is InChI=1S/C46H28O/c47-45-39-17-5-7-21-41(39)46(42-22-8-6-18-40(42)45)43-27-31(35-19-9-13-29-11-1-3-15-33(29)35)23-25-37(43)38-26-24-32(28-44(38)46)36-20-10-14-30-12-2-4-16-34(30)36/h1-28H. The zero-order chi connectivity index (χ0) is 31.1. The van der Waals surface area contributed by atoms with Crippen molar-refractivity contribution in [3.05, 3.63) is 203 Å². The molecule has 8 aromatic rings. The molecule has 8 aromatic carbocycles. The summed E-state index contributed by atoms with van der Waals surface area (Å²) in [5.74, 6) is 0.0900. The summed E-state index contributed by atoms with van der Waals surface area (Å²) in [4.78, 5) is 14.1. The number of carbonyl (C=O) groups is 1. The second-order valence-electron chi connectivity index (χ2n) is 12.7. The molecule has 0 aromatic heterocycles. The fourth-order valence-corrected chi connectivity index (χ4v) is 8.50. The van der Waals surface area contributed by atoms with Crippen LogP contribution in [0.2, 0.25) is 0 Å². The summed E-state index contributed by atoms with van der Waals surface area (Å²) < 4.78 is 0. The molecule has 0 radical (unpaired) electrons. The van der Waals surface area contributed by atoms with Gasteiger partial charge in [-0.05, 0) is 89.3 Å². The molecular weight excluding hydrogens is 569 g/mol. The van der Waals surface area contributed by atoms with Crippen molar-refractivity contribution < 1.29 is 4.79 Å². The molecule has 2 aliphatic carbocycles. The van der Waals surface area contributed by atoms with Gasteiger partial charge in [0.25, 0.3) is 0 Å². The average Bonchev–Trinajstić information content (AvgIpc) is 3.43. The zero-order valence-electron chi connectivity index (χ0n) is 25.6. The van der Waals surface area contributed by atoms with Crippen molar-refractivity contribution in [2.24, 2.45) is 0 Å². The van der Waals surface area contributed by atoms with Crippen molar-refractivity contribution in [3.8, 4) is 33.4 Å². The first-order valence-electron chi connectivity index (χ1n) is 16.2. The van der Waals surface area contributed by atoms with E-state index in [1.54, 1.807) is 0 Å². The van der Waals surface area contributed by atoms with Gasteiger partial charge in [-0.1, -0.05) is 158 Å². The van der Waals surface area contributed by atoms with Crippen LogP contribution in [0.1, 0.15) is 38.2 Å². The molecule has 0 saturated carbocycles. The van der Waals surface area contributed by atoms with Crippen LogP contribution in [0.3, 0.4) is 0 Å². The van der Waals surface area contributed by atoms with Crippen LogP contribution in [0.15, 0.2) is 170 Å². The number of benzene rings is 8. The minimum Gasteiger partial charge on any atom is -0.289 e. The van der Waals surface area contributed by atoms with E-state index < -0.39 is 5.41 Å². The van der Waals surface area contributed by atoms with Crippen LogP contribution in [-0.4, -0.2) is 5.78 Å². The summed E-state index contributed by atoms with van der Waals surface area (Å²) in [6.45, 7) is 0. The maximum Gasteiger partial charge on any atom is 0.193 e. The fourth-order valence-electron chi connectivity index (χ4n) is 8.50. The van der Waals surface area contributed by atoms with E-state index in [9.17, 15) is 4.79 Å². The van der Waals surface area contributed by atoms with Gasteiger partial charge in [0.05, 0.1) is 5.41 Å². The van der Waals surface area contributed by atoms with Crippen LogP contribution in [0.5, 0.6) is 0 Å². The molecule has 0 atom stereocenters. The molecular formula is C46H28O. The summed E-state index contributed by atoms with van der Waals surface area (Å²) in [7, 11) is 0. The topological polar surface area (TPSA) is 17.1 Å². The van der Waals surface area contributed by atoms with Gasteiger partial charge in [-0.3, -0.25) is 4.79 Å². The molecule has 0 N–H and O–H groups in total. The first-order valence-corrected chi connectivity index (χ1v) is 16.2. The van der Waals surface area contributed by atoms with Crippen LogP contribution in [0, 0.1) is 0 Å². The largest absolute Gasteiger partial charge is 0.289 e. The molecule has 1 heteroatoms. The number of ketones is 1. The van der Waals surface area contributed by atoms with Gasteiger partial charge in [-0.25, -0.2) is 0 Å². The third-order valence-corrected chi connectivity index (χ3v) is 10.5. The summed E-state index contributed by atoms with van der Waals surface area (Å²) in [6.07, 6.45) is 0. The Hall–Kier alpha value is -6.05. The van der Waals surface area contributed by atoms with Crippen molar-refractivity contribution in [3.63, 3.8) is 0 Å². The van der Waals surface area contributed by atoms with E-state index in [4.69, 9.17) is 0 Å².